The molecule has 0 spiro atoms. The summed E-state index contributed by atoms with van der Waals surface area (Å²) in [5.74, 6) is 0.857. The number of hydrogen-bond acceptors (Lipinski definition) is 2. The van der Waals surface area contributed by atoms with Crippen molar-refractivity contribution in [2.45, 2.75) is 31.7 Å². The molecule has 1 atom stereocenters. The third-order valence-corrected chi connectivity index (χ3v) is 6.06. The normalized spacial score (nSPS) is 15.3. The number of guanidine groups is 1. The zero-order valence-corrected chi connectivity index (χ0v) is 20.8. The highest BCUT2D eigenvalue weighted by Crippen LogP contribution is 2.42. The molecule has 1 unspecified atom stereocenters. The first-order valence-corrected chi connectivity index (χ1v) is 11.7. The van der Waals surface area contributed by atoms with Crippen molar-refractivity contribution in [1.29, 1.82) is 5.41 Å². The Bertz CT molecular complexity index is 1170. The summed E-state index contributed by atoms with van der Waals surface area (Å²) >= 11 is 3.65. The van der Waals surface area contributed by atoms with Crippen molar-refractivity contribution in [3.05, 3.63) is 76.3 Å². The predicted molar refractivity (Wildman–Crippen MR) is 131 cm³/mol. The molecule has 1 aliphatic heterocycles. The van der Waals surface area contributed by atoms with Gasteiger partial charge in [-0.05, 0) is 34.0 Å². The summed E-state index contributed by atoms with van der Waals surface area (Å²) in [5.41, 5.74) is 3.66. The van der Waals surface area contributed by atoms with Gasteiger partial charge >= 0.3 is 12.4 Å². The molecule has 0 amide bonds. The molecule has 4 nitrogen and oxygen atoms in total. The van der Waals surface area contributed by atoms with E-state index in [9.17, 15) is 26.3 Å². The van der Waals surface area contributed by atoms with Gasteiger partial charge in [0, 0.05) is 29.2 Å². The van der Waals surface area contributed by atoms with E-state index >= 15 is 0 Å². The Morgan fingerprint density at radius 2 is 1.58 bits per heavy atom. The number of nitrogens with one attached hydrogen (secondary N) is 2. The highest BCUT2D eigenvalue weighted by Gasteiger charge is 2.33. The molecule has 11 heteroatoms. The summed E-state index contributed by atoms with van der Waals surface area (Å²) in [6, 6.07) is 20.8. The molecule has 3 aromatic rings. The molecule has 0 aliphatic carbocycles. The van der Waals surface area contributed by atoms with Crippen molar-refractivity contribution in [3.8, 4) is 0 Å². The minimum absolute atomic E-state index is 0.395. The molecule has 1 aliphatic rings. The van der Waals surface area contributed by atoms with Crippen molar-refractivity contribution >= 4 is 38.3 Å². The number of fused-ring (bicyclic) bond motifs is 3. The van der Waals surface area contributed by atoms with E-state index < -0.39 is 25.6 Å². The highest BCUT2D eigenvalue weighted by atomic mass is 79.9. The van der Waals surface area contributed by atoms with E-state index in [2.05, 4.69) is 80.3 Å². The van der Waals surface area contributed by atoms with Crippen LogP contribution in [0.25, 0.3) is 10.8 Å². The Morgan fingerprint density at radius 1 is 0.944 bits per heavy atom. The lowest BCUT2D eigenvalue weighted by Gasteiger charge is -2.21. The van der Waals surface area contributed by atoms with Crippen LogP contribution in [0.2, 0.25) is 0 Å². The Hall–Kier alpha value is -2.79. The Labute approximate surface area is 212 Å². The monoisotopic (exact) mass is 575 g/mol. The second-order valence-corrected chi connectivity index (χ2v) is 9.11. The number of benzene rings is 3. The first-order chi connectivity index (χ1) is 16.9. The molecule has 1 heterocycles. The summed E-state index contributed by atoms with van der Waals surface area (Å²) < 4.78 is 71.3. The number of ether oxygens (including phenoxy) is 1. The van der Waals surface area contributed by atoms with E-state index in [1.165, 1.54) is 21.9 Å². The molecule has 3 aromatic carbocycles. The standard InChI is InChI=1S/C21H20BrN3.C4H4F6O/c1-14-13-25(21(23)24-12-15-6-3-2-4-7-15)19-11-10-16-17(20(14)19)8-5-9-18(16)22;5-3(6,7)1-11-2-4(8,9)10/h2-11,14H,12-13H2,1H3,(H2,23,24);1-2H2. The zero-order chi connectivity index (χ0) is 26.5. The van der Waals surface area contributed by atoms with Gasteiger partial charge in [-0.3, -0.25) is 5.41 Å². The van der Waals surface area contributed by atoms with Crippen molar-refractivity contribution in [1.82, 2.24) is 5.32 Å². The van der Waals surface area contributed by atoms with E-state index in [1.54, 1.807) is 0 Å². The fourth-order valence-corrected chi connectivity index (χ4v) is 4.42. The first-order valence-electron chi connectivity index (χ1n) is 10.9. The molecule has 0 bridgehead atoms. The smallest absolute Gasteiger partial charge is 0.363 e. The molecular weight excluding hydrogens is 552 g/mol. The molecule has 0 radical (unpaired) electrons. The lowest BCUT2D eigenvalue weighted by atomic mass is 9.96. The molecule has 194 valence electrons. The number of rotatable bonds is 4. The van der Waals surface area contributed by atoms with Gasteiger partial charge in [-0.2, -0.15) is 26.3 Å². The van der Waals surface area contributed by atoms with Crippen LogP contribution in [0.4, 0.5) is 32.0 Å². The largest absolute Gasteiger partial charge is 0.411 e. The van der Waals surface area contributed by atoms with E-state index in [1.807, 2.05) is 18.2 Å². The number of nitrogens with zero attached hydrogens (tertiary/aromatic N) is 1. The second kappa shape index (κ2) is 11.5. The highest BCUT2D eigenvalue weighted by molar-refractivity contribution is 9.10. The van der Waals surface area contributed by atoms with Gasteiger partial charge < -0.3 is 15.0 Å². The molecule has 0 fully saturated rings. The maximum atomic E-state index is 11.1. The molecular formula is C25H24BrF6N3O. The van der Waals surface area contributed by atoms with Crippen molar-refractivity contribution in [3.63, 3.8) is 0 Å². The van der Waals surface area contributed by atoms with Crippen molar-refractivity contribution in [2.75, 3.05) is 24.7 Å². The van der Waals surface area contributed by atoms with Crippen LogP contribution in [0, 0.1) is 5.41 Å². The maximum Gasteiger partial charge on any atom is 0.411 e. The first kappa shape index (κ1) is 27.8. The van der Waals surface area contributed by atoms with Gasteiger partial charge in [0.05, 0.1) is 0 Å². The summed E-state index contributed by atoms with van der Waals surface area (Å²) in [5, 5.41) is 14.3. The van der Waals surface area contributed by atoms with Crippen LogP contribution in [0.15, 0.2) is 65.1 Å². The summed E-state index contributed by atoms with van der Waals surface area (Å²) in [7, 11) is 0. The number of alkyl halides is 6. The quantitative estimate of drug-likeness (QED) is 0.194. The number of hydrogen-bond donors (Lipinski definition) is 2. The summed E-state index contributed by atoms with van der Waals surface area (Å²) in [4.78, 5) is 2.09. The van der Waals surface area contributed by atoms with Gasteiger partial charge in [-0.15, -0.1) is 0 Å². The van der Waals surface area contributed by atoms with E-state index in [0.717, 1.165) is 16.7 Å². The third-order valence-electron chi connectivity index (χ3n) is 5.37. The third kappa shape index (κ3) is 7.60. The molecule has 0 saturated heterocycles. The minimum Gasteiger partial charge on any atom is -0.363 e. The van der Waals surface area contributed by atoms with Gasteiger partial charge in [0.2, 0.25) is 0 Å². The van der Waals surface area contributed by atoms with Crippen molar-refractivity contribution in [2.24, 2.45) is 0 Å². The zero-order valence-electron chi connectivity index (χ0n) is 19.2. The van der Waals surface area contributed by atoms with Crippen LogP contribution >= 0.6 is 15.9 Å². The molecule has 0 aromatic heterocycles. The number of halogens is 7. The van der Waals surface area contributed by atoms with E-state index in [0.29, 0.717) is 18.4 Å². The predicted octanol–water partition coefficient (Wildman–Crippen LogP) is 7.38. The van der Waals surface area contributed by atoms with Crippen LogP contribution < -0.4 is 10.2 Å². The van der Waals surface area contributed by atoms with Gasteiger partial charge in [0.15, 0.2) is 5.96 Å². The lowest BCUT2D eigenvalue weighted by Crippen LogP contribution is -2.39. The fourth-order valence-electron chi connectivity index (χ4n) is 3.92. The maximum absolute atomic E-state index is 11.1. The van der Waals surface area contributed by atoms with E-state index in [4.69, 9.17) is 5.41 Å². The lowest BCUT2D eigenvalue weighted by molar-refractivity contribution is -0.219. The molecule has 4 rings (SSSR count). The average molecular weight is 576 g/mol. The molecule has 2 N–H and O–H groups in total. The van der Waals surface area contributed by atoms with Gasteiger partial charge in [-0.25, -0.2) is 0 Å². The summed E-state index contributed by atoms with van der Waals surface area (Å²) in [6.45, 7) is 0.00325. The van der Waals surface area contributed by atoms with Crippen LogP contribution in [0.3, 0.4) is 0 Å². The van der Waals surface area contributed by atoms with Crippen LogP contribution in [0.5, 0.6) is 0 Å². The van der Waals surface area contributed by atoms with Crippen molar-refractivity contribution < 1.29 is 31.1 Å². The minimum atomic E-state index is -4.70. The fraction of sp³-hybridized carbons (Fsp3) is 0.320. The summed E-state index contributed by atoms with van der Waals surface area (Å²) in [6.07, 6.45) is -9.41. The molecule has 36 heavy (non-hydrogen) atoms. The Balaban J connectivity index is 0.000000280. The van der Waals surface area contributed by atoms with Gasteiger partial charge in [-0.1, -0.05) is 71.4 Å². The topological polar surface area (TPSA) is 48.4 Å². The Morgan fingerprint density at radius 3 is 2.19 bits per heavy atom. The average Bonchev–Trinajstić information content (AvgIpc) is 3.14. The van der Waals surface area contributed by atoms with Gasteiger partial charge in [0.25, 0.3) is 0 Å². The van der Waals surface area contributed by atoms with Gasteiger partial charge in [0.1, 0.15) is 13.2 Å². The molecule has 0 saturated carbocycles. The van der Waals surface area contributed by atoms with Crippen LogP contribution in [-0.4, -0.2) is 38.1 Å². The Kier molecular flexibility index (Phi) is 8.89. The number of anilines is 1. The van der Waals surface area contributed by atoms with Crippen LogP contribution in [0.1, 0.15) is 24.0 Å². The second-order valence-electron chi connectivity index (χ2n) is 8.26. The SMILES string of the molecule is CC1CN(C(=N)NCc2ccccc2)c2ccc3c(Br)cccc3c21.FC(F)(F)COCC(F)(F)F. The van der Waals surface area contributed by atoms with Crippen LogP contribution in [-0.2, 0) is 11.3 Å². The van der Waals surface area contributed by atoms with E-state index in [-0.39, 0.29) is 0 Å².